The molecule has 0 unspecified atom stereocenters. The number of primary amides is 1. The highest BCUT2D eigenvalue weighted by molar-refractivity contribution is 6.31. The lowest BCUT2D eigenvalue weighted by Crippen LogP contribution is -2.35. The highest BCUT2D eigenvalue weighted by Gasteiger charge is 2.22. The van der Waals surface area contributed by atoms with Gasteiger partial charge in [0.25, 0.3) is 0 Å². The molecule has 1 saturated heterocycles. The first-order valence-corrected chi connectivity index (χ1v) is 10.2. The lowest BCUT2D eigenvalue weighted by Gasteiger charge is -2.33. The van der Waals surface area contributed by atoms with Crippen LogP contribution in [0, 0.1) is 0 Å². The molecule has 3 heterocycles. The molecule has 1 aliphatic heterocycles. The fraction of sp³-hybridized carbons (Fsp3) is 0.364. The van der Waals surface area contributed by atoms with Crippen molar-refractivity contribution in [3.8, 4) is 5.75 Å². The maximum atomic E-state index is 11.5. The van der Waals surface area contributed by atoms with E-state index in [0.717, 1.165) is 61.1 Å². The topological polar surface area (TPSA) is 73.4 Å². The van der Waals surface area contributed by atoms with Crippen LogP contribution in [0.4, 0.5) is 0 Å². The molecule has 0 saturated carbocycles. The monoisotopic (exact) mass is 412 g/mol. The minimum absolute atomic E-state index is 0.389. The summed E-state index contributed by atoms with van der Waals surface area (Å²) in [6, 6.07) is 8.18. The average molecular weight is 413 g/mol. The van der Waals surface area contributed by atoms with Gasteiger partial charge in [0.2, 0.25) is 5.91 Å². The zero-order chi connectivity index (χ0) is 20.4. The quantitative estimate of drug-likeness (QED) is 0.670. The van der Waals surface area contributed by atoms with Crippen molar-refractivity contribution < 1.29 is 9.53 Å². The molecular formula is C22H25ClN4O2. The average Bonchev–Trinajstić information content (AvgIpc) is 3.16. The summed E-state index contributed by atoms with van der Waals surface area (Å²) >= 11 is 6.31. The van der Waals surface area contributed by atoms with E-state index in [9.17, 15) is 4.79 Å². The van der Waals surface area contributed by atoms with Gasteiger partial charge in [0, 0.05) is 54.7 Å². The first-order chi connectivity index (χ1) is 14.1. The molecule has 152 valence electrons. The largest absolute Gasteiger partial charge is 0.495 e. The molecule has 3 aromatic rings. The molecule has 0 aliphatic carbocycles. The van der Waals surface area contributed by atoms with Crippen molar-refractivity contribution in [1.82, 2.24) is 14.5 Å². The molecule has 2 aromatic heterocycles. The summed E-state index contributed by atoms with van der Waals surface area (Å²) in [7, 11) is 1.65. The fourth-order valence-corrected chi connectivity index (χ4v) is 4.42. The van der Waals surface area contributed by atoms with Crippen LogP contribution < -0.4 is 10.5 Å². The Morgan fingerprint density at radius 1 is 1.28 bits per heavy atom. The molecule has 1 aromatic carbocycles. The summed E-state index contributed by atoms with van der Waals surface area (Å²) in [6.45, 7) is 2.97. The predicted molar refractivity (Wildman–Crippen MR) is 115 cm³/mol. The molecule has 0 bridgehead atoms. The Labute approximate surface area is 175 Å². The summed E-state index contributed by atoms with van der Waals surface area (Å²) in [6.07, 6.45) is 8.46. The van der Waals surface area contributed by atoms with Gasteiger partial charge in [-0.05, 0) is 42.8 Å². The van der Waals surface area contributed by atoms with Gasteiger partial charge in [-0.3, -0.25) is 9.78 Å². The van der Waals surface area contributed by atoms with Crippen molar-refractivity contribution in [2.45, 2.75) is 25.3 Å². The molecule has 1 amide bonds. The first kappa shape index (κ1) is 19.7. The van der Waals surface area contributed by atoms with Gasteiger partial charge in [-0.1, -0.05) is 17.7 Å². The Hall–Kier alpha value is -2.57. The maximum absolute atomic E-state index is 11.5. The molecule has 0 atom stereocenters. The second-order valence-electron chi connectivity index (χ2n) is 7.49. The smallest absolute Gasteiger partial charge is 0.248 e. The number of pyridine rings is 1. The lowest BCUT2D eigenvalue weighted by atomic mass is 10.0. The van der Waals surface area contributed by atoms with Gasteiger partial charge in [-0.2, -0.15) is 0 Å². The Morgan fingerprint density at radius 2 is 2.07 bits per heavy atom. The van der Waals surface area contributed by atoms with E-state index in [1.54, 1.807) is 25.6 Å². The van der Waals surface area contributed by atoms with Gasteiger partial charge in [-0.25, -0.2) is 0 Å². The number of piperidine rings is 1. The number of likely N-dealkylation sites (tertiary alicyclic amines) is 1. The predicted octanol–water partition coefficient (Wildman–Crippen LogP) is 3.68. The molecule has 0 spiro atoms. The number of hydrogen-bond acceptors (Lipinski definition) is 4. The Bertz CT molecular complexity index is 1020. The van der Waals surface area contributed by atoms with Crippen LogP contribution in [-0.4, -0.2) is 47.1 Å². The standard InChI is InChI=1S/C22H25ClN4O2/c1-29-21-14-25-13-19(23)18(21)7-10-26-8-5-17(6-9-26)27-11-4-15-2-3-16(22(24)28)12-20(15)27/h2-4,11-14,17H,5-10H2,1H3,(H2,24,28). The lowest BCUT2D eigenvalue weighted by molar-refractivity contribution is 0.100. The van der Waals surface area contributed by atoms with Gasteiger partial charge < -0.3 is 19.9 Å². The fourth-order valence-electron chi connectivity index (χ4n) is 4.17. The number of aromatic nitrogens is 2. The Kier molecular flexibility index (Phi) is 5.74. The van der Waals surface area contributed by atoms with E-state index >= 15 is 0 Å². The molecule has 4 rings (SSSR count). The van der Waals surface area contributed by atoms with Crippen molar-refractivity contribution >= 4 is 28.4 Å². The zero-order valence-corrected chi connectivity index (χ0v) is 17.2. The van der Waals surface area contributed by atoms with Crippen LogP contribution in [-0.2, 0) is 6.42 Å². The van der Waals surface area contributed by atoms with Crippen LogP contribution in [0.15, 0.2) is 42.9 Å². The van der Waals surface area contributed by atoms with Crippen LogP contribution in [0.25, 0.3) is 10.9 Å². The van der Waals surface area contributed by atoms with Gasteiger partial charge in [0.05, 0.1) is 18.3 Å². The first-order valence-electron chi connectivity index (χ1n) is 9.86. The van der Waals surface area contributed by atoms with Crippen LogP contribution in [0.5, 0.6) is 5.75 Å². The van der Waals surface area contributed by atoms with E-state index in [1.807, 2.05) is 12.1 Å². The van der Waals surface area contributed by atoms with Crippen molar-refractivity contribution in [1.29, 1.82) is 0 Å². The Morgan fingerprint density at radius 3 is 2.79 bits per heavy atom. The third kappa shape index (κ3) is 4.09. The van der Waals surface area contributed by atoms with E-state index < -0.39 is 0 Å². The number of nitrogens with two attached hydrogens (primary N) is 1. The third-order valence-corrected chi connectivity index (χ3v) is 6.15. The molecule has 1 aliphatic rings. The number of nitrogens with zero attached hydrogens (tertiary/aromatic N) is 3. The number of amides is 1. The van der Waals surface area contributed by atoms with E-state index in [2.05, 4.69) is 26.7 Å². The van der Waals surface area contributed by atoms with Gasteiger partial charge >= 0.3 is 0 Å². The van der Waals surface area contributed by atoms with E-state index in [4.69, 9.17) is 22.1 Å². The number of benzene rings is 1. The highest BCUT2D eigenvalue weighted by Crippen LogP contribution is 2.30. The van der Waals surface area contributed by atoms with E-state index in [-0.39, 0.29) is 5.91 Å². The zero-order valence-electron chi connectivity index (χ0n) is 16.5. The van der Waals surface area contributed by atoms with E-state index in [1.165, 1.54) is 0 Å². The van der Waals surface area contributed by atoms with Crippen LogP contribution in [0.1, 0.15) is 34.8 Å². The normalized spacial score (nSPS) is 15.7. The van der Waals surface area contributed by atoms with Crippen molar-refractivity contribution in [3.63, 3.8) is 0 Å². The minimum atomic E-state index is -0.389. The van der Waals surface area contributed by atoms with Crippen molar-refractivity contribution in [2.75, 3.05) is 26.7 Å². The molecular weight excluding hydrogens is 388 g/mol. The second kappa shape index (κ2) is 8.43. The maximum Gasteiger partial charge on any atom is 0.248 e. The summed E-state index contributed by atoms with van der Waals surface area (Å²) in [5.74, 6) is 0.358. The highest BCUT2D eigenvalue weighted by atomic mass is 35.5. The van der Waals surface area contributed by atoms with Gasteiger partial charge in [-0.15, -0.1) is 0 Å². The van der Waals surface area contributed by atoms with E-state index in [0.29, 0.717) is 16.6 Å². The van der Waals surface area contributed by atoms with Gasteiger partial charge in [0.15, 0.2) is 0 Å². The number of ether oxygens (including phenoxy) is 1. The number of carbonyl (C=O) groups excluding carboxylic acids is 1. The molecule has 29 heavy (non-hydrogen) atoms. The summed E-state index contributed by atoms with van der Waals surface area (Å²) in [5, 5.41) is 1.79. The van der Waals surface area contributed by atoms with Crippen molar-refractivity contribution in [3.05, 3.63) is 59.0 Å². The molecule has 0 radical (unpaired) electrons. The third-order valence-electron chi connectivity index (χ3n) is 5.82. The molecule has 2 N–H and O–H groups in total. The number of hydrogen-bond donors (Lipinski definition) is 1. The molecule has 1 fully saturated rings. The number of rotatable bonds is 6. The minimum Gasteiger partial charge on any atom is -0.495 e. The van der Waals surface area contributed by atoms with Crippen molar-refractivity contribution in [2.24, 2.45) is 5.73 Å². The molecule has 6 nitrogen and oxygen atoms in total. The number of methoxy groups -OCH3 is 1. The number of carbonyl (C=O) groups is 1. The Balaban J connectivity index is 1.41. The number of halogens is 1. The summed E-state index contributed by atoms with van der Waals surface area (Å²) in [4.78, 5) is 18.1. The number of fused-ring (bicyclic) bond motifs is 1. The van der Waals surface area contributed by atoms with Crippen LogP contribution in [0.3, 0.4) is 0 Å². The van der Waals surface area contributed by atoms with Crippen LogP contribution in [0.2, 0.25) is 5.02 Å². The summed E-state index contributed by atoms with van der Waals surface area (Å²) < 4.78 is 7.69. The second-order valence-corrected chi connectivity index (χ2v) is 7.89. The van der Waals surface area contributed by atoms with Crippen LogP contribution >= 0.6 is 11.6 Å². The SMILES string of the molecule is COc1cncc(Cl)c1CCN1CCC(n2ccc3ccc(C(N)=O)cc32)CC1. The summed E-state index contributed by atoms with van der Waals surface area (Å²) in [5.41, 5.74) is 8.10. The van der Waals surface area contributed by atoms with Gasteiger partial charge in [0.1, 0.15) is 5.75 Å². The molecule has 7 heteroatoms.